The van der Waals surface area contributed by atoms with E-state index in [9.17, 15) is 30.7 Å². The number of ether oxygens (including phenoxy) is 2. The van der Waals surface area contributed by atoms with Crippen LogP contribution >= 0.6 is 15.9 Å². The summed E-state index contributed by atoms with van der Waals surface area (Å²) in [6.45, 7) is 3.49. The van der Waals surface area contributed by atoms with E-state index in [4.69, 9.17) is 9.47 Å². The van der Waals surface area contributed by atoms with E-state index in [1.165, 1.54) is 19.2 Å². The van der Waals surface area contributed by atoms with E-state index < -0.39 is 18.1 Å². The Morgan fingerprint density at radius 3 is 2.15 bits per heavy atom. The van der Waals surface area contributed by atoms with Gasteiger partial charge >= 0.3 is 18.1 Å². The van der Waals surface area contributed by atoms with Crippen molar-refractivity contribution in [3.05, 3.63) is 22.2 Å². The molecule has 1 rings (SSSR count). The van der Waals surface area contributed by atoms with Gasteiger partial charge in [0, 0.05) is 0 Å². The number of hydrazone groups is 1. The average molecular weight is 455 g/mol. The molecule has 4 nitrogen and oxygen atoms in total. The second-order valence-corrected chi connectivity index (χ2v) is 6.07. The fourth-order valence-corrected chi connectivity index (χ4v) is 2.15. The van der Waals surface area contributed by atoms with Gasteiger partial charge in [-0.15, -0.1) is 0 Å². The van der Waals surface area contributed by atoms with Crippen molar-refractivity contribution in [3.8, 4) is 11.5 Å². The Bertz CT molecular complexity index is 663. The zero-order valence-electron chi connectivity index (χ0n) is 13.6. The third-order valence-corrected chi connectivity index (χ3v) is 3.36. The van der Waals surface area contributed by atoms with E-state index in [2.05, 4.69) is 21.0 Å². The Balaban J connectivity index is 3.04. The highest BCUT2D eigenvalue weighted by atomic mass is 79.9. The molecule has 148 valence electrons. The monoisotopic (exact) mass is 454 g/mol. The van der Waals surface area contributed by atoms with Crippen LogP contribution in [0.2, 0.25) is 0 Å². The SMILES string of the molecule is COc1cc(/C=N\NC(F)(F)C(F)(F)C(F)(F)F)cc(Br)c1OC(C)C. The van der Waals surface area contributed by atoms with Crippen LogP contribution in [0, 0.1) is 0 Å². The van der Waals surface area contributed by atoms with Gasteiger partial charge in [0.1, 0.15) is 0 Å². The molecule has 0 fully saturated rings. The third kappa shape index (κ3) is 4.92. The zero-order chi connectivity index (χ0) is 20.3. The fraction of sp³-hybridized carbons (Fsp3) is 0.500. The van der Waals surface area contributed by atoms with E-state index in [0.29, 0.717) is 21.9 Å². The lowest BCUT2D eigenvalue weighted by Gasteiger charge is -2.27. The summed E-state index contributed by atoms with van der Waals surface area (Å²) in [4.78, 5) is 0. The van der Waals surface area contributed by atoms with E-state index in [1.54, 1.807) is 13.8 Å². The maximum Gasteiger partial charge on any atom is 0.462 e. The van der Waals surface area contributed by atoms with Crippen molar-refractivity contribution in [1.82, 2.24) is 5.43 Å². The van der Waals surface area contributed by atoms with Crippen LogP contribution in [0.4, 0.5) is 30.7 Å². The summed E-state index contributed by atoms with van der Waals surface area (Å²) in [5.74, 6) is -5.84. The largest absolute Gasteiger partial charge is 0.493 e. The van der Waals surface area contributed by atoms with Crippen molar-refractivity contribution in [2.24, 2.45) is 5.10 Å². The molecule has 0 aromatic heterocycles. The normalized spacial score (nSPS) is 13.4. The predicted octanol–water partition coefficient (Wildman–Crippen LogP) is 4.96. The van der Waals surface area contributed by atoms with Crippen LogP contribution < -0.4 is 14.9 Å². The standard InChI is InChI=1S/C14H14BrF7N2O2/c1-7(2)26-11-9(15)4-8(5-10(11)25-3)6-23-24-14(21,22)12(16,17)13(18,19)20/h4-7,24H,1-3H3/b23-6-. The van der Waals surface area contributed by atoms with Gasteiger partial charge in [0.25, 0.3) is 0 Å². The van der Waals surface area contributed by atoms with Crippen molar-refractivity contribution >= 4 is 22.1 Å². The van der Waals surface area contributed by atoms with Crippen LogP contribution in [-0.2, 0) is 0 Å². The number of methoxy groups -OCH3 is 1. The molecular formula is C14H14BrF7N2O2. The molecule has 1 N–H and O–H groups in total. The molecule has 0 aliphatic carbocycles. The Labute approximate surface area is 152 Å². The highest BCUT2D eigenvalue weighted by Gasteiger charge is 2.73. The lowest BCUT2D eigenvalue weighted by atomic mass is 10.2. The molecule has 0 aliphatic heterocycles. The number of hydrogen-bond acceptors (Lipinski definition) is 4. The second kappa shape index (κ2) is 7.89. The van der Waals surface area contributed by atoms with Gasteiger partial charge in [0.15, 0.2) is 11.5 Å². The number of benzene rings is 1. The number of nitrogens with zero attached hydrogens (tertiary/aromatic N) is 1. The molecule has 12 heteroatoms. The molecule has 0 unspecified atom stereocenters. The minimum atomic E-state index is -6.44. The van der Waals surface area contributed by atoms with Crippen molar-refractivity contribution in [1.29, 1.82) is 0 Å². The molecule has 0 heterocycles. The van der Waals surface area contributed by atoms with E-state index in [-0.39, 0.29) is 17.4 Å². The van der Waals surface area contributed by atoms with Gasteiger partial charge in [-0.25, -0.2) is 5.43 Å². The Kier molecular flexibility index (Phi) is 6.77. The molecule has 0 radical (unpaired) electrons. The number of rotatable bonds is 7. The summed E-state index contributed by atoms with van der Waals surface area (Å²) in [6, 6.07) is -3.04. The average Bonchev–Trinajstić information content (AvgIpc) is 2.47. The maximum atomic E-state index is 13.1. The number of nitrogens with one attached hydrogen (secondary N) is 1. The van der Waals surface area contributed by atoms with Gasteiger partial charge in [0.2, 0.25) is 0 Å². The molecule has 0 atom stereocenters. The molecule has 0 bridgehead atoms. The van der Waals surface area contributed by atoms with Crippen LogP contribution in [0.3, 0.4) is 0 Å². The fourth-order valence-electron chi connectivity index (χ4n) is 1.60. The topological polar surface area (TPSA) is 42.8 Å². The van der Waals surface area contributed by atoms with E-state index >= 15 is 0 Å². The van der Waals surface area contributed by atoms with Crippen LogP contribution in [0.15, 0.2) is 21.7 Å². The minimum absolute atomic E-state index is 0.0726. The highest BCUT2D eigenvalue weighted by molar-refractivity contribution is 9.10. The smallest absolute Gasteiger partial charge is 0.462 e. The van der Waals surface area contributed by atoms with Crippen LogP contribution in [0.5, 0.6) is 11.5 Å². The van der Waals surface area contributed by atoms with Crippen molar-refractivity contribution < 1.29 is 40.2 Å². The van der Waals surface area contributed by atoms with Crippen molar-refractivity contribution in [3.63, 3.8) is 0 Å². The Hall–Kier alpha value is -1.72. The lowest BCUT2D eigenvalue weighted by molar-refractivity contribution is -0.361. The van der Waals surface area contributed by atoms with Crippen LogP contribution in [0.1, 0.15) is 19.4 Å². The molecule has 0 saturated carbocycles. The minimum Gasteiger partial charge on any atom is -0.493 e. The summed E-state index contributed by atoms with van der Waals surface area (Å²) < 4.78 is 98.6. The third-order valence-electron chi connectivity index (χ3n) is 2.77. The molecule has 0 amide bonds. The molecule has 0 aliphatic rings. The van der Waals surface area contributed by atoms with Gasteiger partial charge < -0.3 is 9.47 Å². The van der Waals surface area contributed by atoms with Crippen molar-refractivity contribution in [2.45, 2.75) is 38.1 Å². The zero-order valence-corrected chi connectivity index (χ0v) is 15.2. The quantitative estimate of drug-likeness (QED) is 0.274. The first-order chi connectivity index (χ1) is 11.7. The van der Waals surface area contributed by atoms with Gasteiger partial charge in [-0.2, -0.15) is 35.8 Å². The van der Waals surface area contributed by atoms with E-state index in [1.807, 2.05) is 0 Å². The molecule has 0 spiro atoms. The summed E-state index contributed by atoms with van der Waals surface area (Å²) in [5, 5.41) is 2.78. The first-order valence-corrected chi connectivity index (χ1v) is 7.69. The molecular weight excluding hydrogens is 441 g/mol. The summed E-state index contributed by atoms with van der Waals surface area (Å²) >= 11 is 3.15. The Morgan fingerprint density at radius 2 is 1.69 bits per heavy atom. The number of alkyl halides is 7. The van der Waals surface area contributed by atoms with E-state index in [0.717, 1.165) is 0 Å². The number of hydrogen-bond donors (Lipinski definition) is 1. The van der Waals surface area contributed by atoms with Gasteiger partial charge in [-0.05, 0) is 47.5 Å². The van der Waals surface area contributed by atoms with Gasteiger partial charge in [0.05, 0.1) is 23.9 Å². The molecule has 0 saturated heterocycles. The van der Waals surface area contributed by atoms with Crippen molar-refractivity contribution in [2.75, 3.05) is 7.11 Å². The highest BCUT2D eigenvalue weighted by Crippen LogP contribution is 2.45. The summed E-state index contributed by atoms with van der Waals surface area (Å²) in [5.41, 5.74) is 0.609. The predicted molar refractivity (Wildman–Crippen MR) is 83.1 cm³/mol. The maximum absolute atomic E-state index is 13.1. The van der Waals surface area contributed by atoms with Gasteiger partial charge in [-0.3, -0.25) is 0 Å². The van der Waals surface area contributed by atoms with Gasteiger partial charge in [-0.1, -0.05) is 0 Å². The van der Waals surface area contributed by atoms with Crippen LogP contribution in [-0.4, -0.2) is 37.6 Å². The summed E-state index contributed by atoms with van der Waals surface area (Å²) in [7, 11) is 1.30. The lowest BCUT2D eigenvalue weighted by Crippen LogP contribution is -2.58. The number of halogens is 8. The summed E-state index contributed by atoms with van der Waals surface area (Å²) in [6.07, 6.45) is -6.03. The molecule has 1 aromatic rings. The first-order valence-electron chi connectivity index (χ1n) is 6.89. The molecule has 1 aromatic carbocycles. The Morgan fingerprint density at radius 1 is 1.12 bits per heavy atom. The second-order valence-electron chi connectivity index (χ2n) is 5.22. The van der Waals surface area contributed by atoms with Crippen LogP contribution in [0.25, 0.3) is 0 Å². The first kappa shape index (κ1) is 22.3. The molecule has 26 heavy (non-hydrogen) atoms.